The van der Waals surface area contributed by atoms with Gasteiger partial charge in [-0.2, -0.15) is 0 Å². The van der Waals surface area contributed by atoms with Gasteiger partial charge in [0.1, 0.15) is 5.75 Å². The van der Waals surface area contributed by atoms with Gasteiger partial charge >= 0.3 is 5.97 Å². The molecule has 0 saturated carbocycles. The topological polar surface area (TPSA) is 92.9 Å². The first kappa shape index (κ1) is 15.6. The number of carboxylic acid groups (broad SMARTS) is 1. The minimum atomic E-state index is -0.968. The van der Waals surface area contributed by atoms with Gasteiger partial charge in [-0.3, -0.25) is 19.8 Å². The summed E-state index contributed by atoms with van der Waals surface area (Å²) in [5.41, 5.74) is 0.521. The standard InChI is InChI=1S/C13H16N2O5/c1-3-4-14(9-13(16)17)8-10-5-11(15(18)19)7-12(6-10)20-2/h3,5-7H,1,4,8-9H2,2H3,(H,16,17). The normalized spacial score (nSPS) is 10.3. The molecule has 0 amide bonds. The summed E-state index contributed by atoms with van der Waals surface area (Å²) in [5, 5.41) is 19.7. The largest absolute Gasteiger partial charge is 0.496 e. The van der Waals surface area contributed by atoms with Crippen LogP contribution in [0.1, 0.15) is 5.56 Å². The molecule has 0 spiro atoms. The van der Waals surface area contributed by atoms with Crippen LogP contribution in [0.5, 0.6) is 5.75 Å². The third kappa shape index (κ3) is 4.69. The first-order valence-corrected chi connectivity index (χ1v) is 5.83. The van der Waals surface area contributed by atoms with Crippen molar-refractivity contribution in [2.45, 2.75) is 6.54 Å². The number of non-ortho nitro benzene ring substituents is 1. The molecule has 0 saturated heterocycles. The number of aliphatic carboxylic acids is 1. The van der Waals surface area contributed by atoms with E-state index >= 15 is 0 Å². The fraction of sp³-hybridized carbons (Fsp3) is 0.308. The molecule has 20 heavy (non-hydrogen) atoms. The van der Waals surface area contributed by atoms with E-state index in [1.54, 1.807) is 17.0 Å². The van der Waals surface area contributed by atoms with Crippen LogP contribution in [0.25, 0.3) is 0 Å². The molecular weight excluding hydrogens is 264 g/mol. The molecule has 7 heteroatoms. The van der Waals surface area contributed by atoms with E-state index in [1.807, 2.05) is 0 Å². The highest BCUT2D eigenvalue weighted by Gasteiger charge is 2.14. The summed E-state index contributed by atoms with van der Waals surface area (Å²) in [6.45, 7) is 4.02. The van der Waals surface area contributed by atoms with Crippen LogP contribution in [-0.2, 0) is 11.3 Å². The molecule has 0 atom stereocenters. The Morgan fingerprint density at radius 1 is 1.55 bits per heavy atom. The van der Waals surface area contributed by atoms with E-state index in [0.717, 1.165) is 0 Å². The Hall–Kier alpha value is -2.41. The minimum absolute atomic E-state index is 0.0896. The molecule has 0 aliphatic rings. The summed E-state index contributed by atoms with van der Waals surface area (Å²) in [7, 11) is 1.42. The molecule has 108 valence electrons. The predicted molar refractivity (Wildman–Crippen MR) is 72.8 cm³/mol. The van der Waals surface area contributed by atoms with Gasteiger partial charge < -0.3 is 9.84 Å². The number of carboxylic acids is 1. The van der Waals surface area contributed by atoms with Crippen molar-refractivity contribution in [2.75, 3.05) is 20.2 Å². The Labute approximate surface area is 116 Å². The molecular formula is C13H16N2O5. The number of benzene rings is 1. The highest BCUT2D eigenvalue weighted by atomic mass is 16.6. The van der Waals surface area contributed by atoms with Crippen LogP contribution in [-0.4, -0.2) is 41.1 Å². The molecule has 1 N–H and O–H groups in total. The number of rotatable bonds is 8. The van der Waals surface area contributed by atoms with Gasteiger partial charge in [0.25, 0.3) is 5.69 Å². The predicted octanol–water partition coefficient (Wildman–Crippen LogP) is 1.68. The molecule has 0 aliphatic heterocycles. The van der Waals surface area contributed by atoms with Gasteiger partial charge in [0.2, 0.25) is 0 Å². The Balaban J connectivity index is 2.98. The summed E-state index contributed by atoms with van der Waals surface area (Å²) in [6, 6.07) is 4.37. The molecule has 1 rings (SSSR count). The van der Waals surface area contributed by atoms with Crippen molar-refractivity contribution in [3.8, 4) is 5.75 Å². The van der Waals surface area contributed by atoms with Crippen molar-refractivity contribution in [1.29, 1.82) is 0 Å². The lowest BCUT2D eigenvalue weighted by atomic mass is 10.1. The summed E-state index contributed by atoms with van der Waals surface area (Å²) in [4.78, 5) is 22.7. The first-order chi connectivity index (χ1) is 9.46. The second-order valence-electron chi connectivity index (χ2n) is 4.15. The third-order valence-electron chi connectivity index (χ3n) is 2.55. The quantitative estimate of drug-likeness (QED) is 0.442. The SMILES string of the molecule is C=CCN(CC(=O)O)Cc1cc(OC)cc([N+](=O)[O-])c1. The average molecular weight is 280 g/mol. The van der Waals surface area contributed by atoms with Crippen LogP contribution in [0.2, 0.25) is 0 Å². The van der Waals surface area contributed by atoms with Gasteiger partial charge in [0.05, 0.1) is 24.6 Å². The molecule has 0 unspecified atom stereocenters. The zero-order valence-electron chi connectivity index (χ0n) is 11.1. The Kier molecular flexibility index (Phi) is 5.67. The monoisotopic (exact) mass is 280 g/mol. The van der Waals surface area contributed by atoms with E-state index < -0.39 is 10.9 Å². The Morgan fingerprint density at radius 3 is 2.75 bits per heavy atom. The Bertz CT molecular complexity index is 515. The van der Waals surface area contributed by atoms with Crippen LogP contribution in [0.15, 0.2) is 30.9 Å². The number of hydrogen-bond acceptors (Lipinski definition) is 5. The molecule has 7 nitrogen and oxygen atoms in total. The maximum Gasteiger partial charge on any atom is 0.317 e. The lowest BCUT2D eigenvalue weighted by molar-refractivity contribution is -0.385. The number of nitro benzene ring substituents is 1. The highest BCUT2D eigenvalue weighted by molar-refractivity contribution is 5.69. The lowest BCUT2D eigenvalue weighted by Crippen LogP contribution is -2.29. The number of nitrogens with zero attached hydrogens (tertiary/aromatic N) is 2. The molecule has 0 aliphatic carbocycles. The maximum atomic E-state index is 10.8. The van der Waals surface area contributed by atoms with Crippen molar-refractivity contribution >= 4 is 11.7 Å². The van der Waals surface area contributed by atoms with Crippen LogP contribution < -0.4 is 4.74 Å². The lowest BCUT2D eigenvalue weighted by Gasteiger charge is -2.18. The van der Waals surface area contributed by atoms with Crippen LogP contribution >= 0.6 is 0 Å². The zero-order chi connectivity index (χ0) is 15.1. The molecule has 0 fully saturated rings. The maximum absolute atomic E-state index is 10.8. The smallest absolute Gasteiger partial charge is 0.317 e. The van der Waals surface area contributed by atoms with E-state index in [0.29, 0.717) is 17.9 Å². The second-order valence-corrected chi connectivity index (χ2v) is 4.15. The highest BCUT2D eigenvalue weighted by Crippen LogP contribution is 2.23. The summed E-state index contributed by atoms with van der Waals surface area (Å²) in [5.74, 6) is -0.604. The number of ether oxygens (including phenoxy) is 1. The number of carbonyl (C=O) groups is 1. The molecule has 0 radical (unpaired) electrons. The third-order valence-corrected chi connectivity index (χ3v) is 2.55. The summed E-state index contributed by atoms with van der Waals surface area (Å²) in [6.07, 6.45) is 1.58. The van der Waals surface area contributed by atoms with Gasteiger partial charge in [-0.1, -0.05) is 6.08 Å². The van der Waals surface area contributed by atoms with Crippen molar-refractivity contribution in [3.63, 3.8) is 0 Å². The van der Waals surface area contributed by atoms with Gasteiger partial charge in [0.15, 0.2) is 0 Å². The van der Waals surface area contributed by atoms with E-state index in [9.17, 15) is 14.9 Å². The van der Waals surface area contributed by atoms with Crippen molar-refractivity contribution in [3.05, 3.63) is 46.5 Å². The molecule has 0 bridgehead atoms. The number of hydrogen-bond donors (Lipinski definition) is 1. The fourth-order valence-corrected chi connectivity index (χ4v) is 1.78. The zero-order valence-corrected chi connectivity index (χ0v) is 11.1. The van der Waals surface area contributed by atoms with Gasteiger partial charge in [0, 0.05) is 19.2 Å². The minimum Gasteiger partial charge on any atom is -0.496 e. The van der Waals surface area contributed by atoms with Gasteiger partial charge in [-0.25, -0.2) is 0 Å². The van der Waals surface area contributed by atoms with Gasteiger partial charge in [-0.15, -0.1) is 6.58 Å². The van der Waals surface area contributed by atoms with Crippen LogP contribution in [0, 0.1) is 10.1 Å². The van der Waals surface area contributed by atoms with E-state index in [2.05, 4.69) is 6.58 Å². The molecule has 1 aromatic rings. The summed E-state index contributed by atoms with van der Waals surface area (Å²) < 4.78 is 5.01. The van der Waals surface area contributed by atoms with Crippen molar-refractivity contribution in [2.24, 2.45) is 0 Å². The van der Waals surface area contributed by atoms with Crippen LogP contribution in [0.4, 0.5) is 5.69 Å². The van der Waals surface area contributed by atoms with Crippen molar-refractivity contribution < 1.29 is 19.6 Å². The summed E-state index contributed by atoms with van der Waals surface area (Å²) >= 11 is 0. The van der Waals surface area contributed by atoms with Gasteiger partial charge in [-0.05, 0) is 11.6 Å². The fourth-order valence-electron chi connectivity index (χ4n) is 1.78. The molecule has 0 heterocycles. The second kappa shape index (κ2) is 7.25. The van der Waals surface area contributed by atoms with Crippen LogP contribution in [0.3, 0.4) is 0 Å². The Morgan fingerprint density at radius 2 is 2.25 bits per heavy atom. The number of nitro groups is 1. The number of methoxy groups -OCH3 is 1. The van der Waals surface area contributed by atoms with E-state index in [4.69, 9.17) is 9.84 Å². The van der Waals surface area contributed by atoms with E-state index in [-0.39, 0.29) is 18.8 Å². The molecule has 0 aromatic heterocycles. The average Bonchev–Trinajstić information content (AvgIpc) is 2.37. The van der Waals surface area contributed by atoms with E-state index in [1.165, 1.54) is 19.2 Å². The van der Waals surface area contributed by atoms with Crippen molar-refractivity contribution in [1.82, 2.24) is 4.90 Å². The first-order valence-electron chi connectivity index (χ1n) is 5.83. The molecule has 1 aromatic carbocycles.